The van der Waals surface area contributed by atoms with Crippen LogP contribution in [0.5, 0.6) is 5.75 Å². The highest BCUT2D eigenvalue weighted by molar-refractivity contribution is 7.87. The number of rotatable bonds is 2. The van der Waals surface area contributed by atoms with Crippen molar-refractivity contribution in [3.8, 4) is 11.8 Å². The molecule has 0 saturated carbocycles. The summed E-state index contributed by atoms with van der Waals surface area (Å²) < 4.78 is 60.8. The van der Waals surface area contributed by atoms with Crippen LogP contribution < -0.4 is 4.18 Å². The molecule has 1 aromatic carbocycles. The van der Waals surface area contributed by atoms with Crippen molar-refractivity contribution >= 4 is 10.1 Å². The first-order valence-electron chi connectivity index (χ1n) is 3.77. The molecule has 0 heterocycles. The fourth-order valence-corrected chi connectivity index (χ4v) is 1.24. The Morgan fingerprint density at radius 2 is 1.94 bits per heavy atom. The van der Waals surface area contributed by atoms with Crippen LogP contribution in [0, 0.1) is 11.3 Å². The molecule has 0 aliphatic heterocycles. The lowest BCUT2D eigenvalue weighted by atomic mass is 10.2. The van der Waals surface area contributed by atoms with Gasteiger partial charge in [-0.3, -0.25) is 0 Å². The number of hydrogen-bond acceptors (Lipinski definition) is 4. The van der Waals surface area contributed by atoms with E-state index in [0.29, 0.717) is 0 Å². The minimum atomic E-state index is -5.69. The van der Waals surface area contributed by atoms with Crippen LogP contribution in [0.3, 0.4) is 0 Å². The highest BCUT2D eigenvalue weighted by Crippen LogP contribution is 2.27. The van der Waals surface area contributed by atoms with Crippen LogP contribution in [-0.2, 0) is 10.1 Å². The van der Waals surface area contributed by atoms with Crippen LogP contribution in [0.15, 0.2) is 24.3 Å². The first-order valence-corrected chi connectivity index (χ1v) is 5.18. The summed E-state index contributed by atoms with van der Waals surface area (Å²) in [6.45, 7) is 0. The van der Waals surface area contributed by atoms with Gasteiger partial charge in [0.25, 0.3) is 0 Å². The third kappa shape index (κ3) is 2.64. The smallest absolute Gasteiger partial charge is 0.376 e. The Morgan fingerprint density at radius 1 is 1.31 bits per heavy atom. The molecular formula is C8H4F3NO3S. The van der Waals surface area contributed by atoms with Gasteiger partial charge in [-0.1, -0.05) is 6.07 Å². The normalized spacial score (nSPS) is 11.9. The molecule has 0 radical (unpaired) electrons. The molecule has 4 nitrogen and oxygen atoms in total. The van der Waals surface area contributed by atoms with Crippen molar-refractivity contribution in [2.75, 3.05) is 0 Å². The molecule has 1 rings (SSSR count). The topological polar surface area (TPSA) is 67.2 Å². The second-order valence-corrected chi connectivity index (χ2v) is 4.16. The van der Waals surface area contributed by atoms with Gasteiger partial charge >= 0.3 is 15.6 Å². The molecule has 0 aliphatic rings. The minimum Gasteiger partial charge on any atom is -0.376 e. The Bertz CT molecular complexity index is 530. The van der Waals surface area contributed by atoms with Gasteiger partial charge < -0.3 is 4.18 Å². The monoisotopic (exact) mass is 251 g/mol. The highest BCUT2D eigenvalue weighted by atomic mass is 32.2. The van der Waals surface area contributed by atoms with Crippen molar-refractivity contribution < 1.29 is 25.8 Å². The van der Waals surface area contributed by atoms with E-state index in [1.165, 1.54) is 12.1 Å². The van der Waals surface area contributed by atoms with Gasteiger partial charge in [-0.05, 0) is 18.2 Å². The lowest BCUT2D eigenvalue weighted by molar-refractivity contribution is -0.0500. The third-order valence-corrected chi connectivity index (χ3v) is 2.43. The number of alkyl halides is 3. The van der Waals surface area contributed by atoms with E-state index in [1.54, 1.807) is 6.07 Å². The first-order chi connectivity index (χ1) is 7.26. The molecule has 8 heteroatoms. The molecule has 0 saturated heterocycles. The molecule has 0 N–H and O–H groups in total. The summed E-state index contributed by atoms with van der Waals surface area (Å²) in [4.78, 5) is 0. The molecule has 0 aromatic heterocycles. The quantitative estimate of drug-likeness (QED) is 0.593. The van der Waals surface area contributed by atoms with E-state index in [1.807, 2.05) is 0 Å². The average molecular weight is 251 g/mol. The zero-order chi connectivity index (χ0) is 12.4. The molecular weight excluding hydrogens is 247 g/mol. The fraction of sp³-hybridized carbons (Fsp3) is 0.125. The minimum absolute atomic E-state index is 0.00475. The highest BCUT2D eigenvalue weighted by Gasteiger charge is 2.48. The average Bonchev–Trinajstić information content (AvgIpc) is 2.15. The summed E-state index contributed by atoms with van der Waals surface area (Å²) in [6, 6.07) is 6.04. The van der Waals surface area contributed by atoms with Crippen molar-refractivity contribution in [3.63, 3.8) is 0 Å². The zero-order valence-electron chi connectivity index (χ0n) is 7.52. The molecule has 0 spiro atoms. The SMILES string of the molecule is N#Cc1cccc(OS(=O)(=O)C(F)(F)F)c1. The molecule has 0 fully saturated rings. The lowest BCUT2D eigenvalue weighted by Gasteiger charge is -2.08. The van der Waals surface area contributed by atoms with Crippen molar-refractivity contribution in [2.45, 2.75) is 5.51 Å². The number of halogens is 3. The Balaban J connectivity index is 3.03. The molecule has 0 unspecified atom stereocenters. The van der Waals surface area contributed by atoms with Gasteiger partial charge in [0, 0.05) is 0 Å². The maximum Gasteiger partial charge on any atom is 0.534 e. The largest absolute Gasteiger partial charge is 0.534 e. The number of hydrogen-bond donors (Lipinski definition) is 0. The van der Waals surface area contributed by atoms with Crippen LogP contribution in [-0.4, -0.2) is 13.9 Å². The van der Waals surface area contributed by atoms with Crippen LogP contribution in [0.4, 0.5) is 13.2 Å². The molecule has 0 atom stereocenters. The zero-order valence-corrected chi connectivity index (χ0v) is 8.34. The van der Waals surface area contributed by atoms with Gasteiger partial charge in [-0.15, -0.1) is 0 Å². The Morgan fingerprint density at radius 3 is 2.44 bits per heavy atom. The van der Waals surface area contributed by atoms with Gasteiger partial charge in [0.1, 0.15) is 5.75 Å². The summed E-state index contributed by atoms with van der Waals surface area (Å²) in [5.74, 6) is -0.559. The number of nitrogens with zero attached hydrogens (tertiary/aromatic N) is 1. The lowest BCUT2D eigenvalue weighted by Crippen LogP contribution is -2.28. The molecule has 1 aromatic rings. The van der Waals surface area contributed by atoms with Gasteiger partial charge in [0.05, 0.1) is 11.6 Å². The van der Waals surface area contributed by atoms with E-state index in [9.17, 15) is 21.6 Å². The van der Waals surface area contributed by atoms with Gasteiger partial charge in [0.2, 0.25) is 0 Å². The predicted molar refractivity (Wildman–Crippen MR) is 46.8 cm³/mol. The molecule has 0 aliphatic carbocycles. The second-order valence-electron chi connectivity index (χ2n) is 2.62. The molecule has 86 valence electrons. The fourth-order valence-electron chi connectivity index (χ4n) is 0.791. The van der Waals surface area contributed by atoms with Gasteiger partial charge in [0.15, 0.2) is 0 Å². The summed E-state index contributed by atoms with van der Waals surface area (Å²) >= 11 is 0. The standard InChI is InChI=1S/C8H4F3NO3S/c9-8(10,11)16(13,14)15-7-3-1-2-6(4-7)5-12/h1-4H. The van der Waals surface area contributed by atoms with Crippen LogP contribution in [0.2, 0.25) is 0 Å². The Kier molecular flexibility index (Phi) is 3.09. The summed E-state index contributed by atoms with van der Waals surface area (Å²) in [6.07, 6.45) is 0. The number of benzene rings is 1. The van der Waals surface area contributed by atoms with E-state index in [4.69, 9.17) is 5.26 Å². The van der Waals surface area contributed by atoms with Crippen molar-refractivity contribution in [3.05, 3.63) is 29.8 Å². The Hall–Kier alpha value is -1.75. The predicted octanol–water partition coefficient (Wildman–Crippen LogP) is 1.79. The van der Waals surface area contributed by atoms with E-state index in [2.05, 4.69) is 4.18 Å². The van der Waals surface area contributed by atoms with E-state index in [0.717, 1.165) is 12.1 Å². The molecule has 16 heavy (non-hydrogen) atoms. The van der Waals surface area contributed by atoms with Gasteiger partial charge in [-0.2, -0.15) is 26.9 Å². The van der Waals surface area contributed by atoms with Crippen molar-refractivity contribution in [1.29, 1.82) is 5.26 Å². The summed E-state index contributed by atoms with van der Waals surface area (Å²) in [7, 11) is -5.69. The van der Waals surface area contributed by atoms with E-state index in [-0.39, 0.29) is 5.56 Å². The maximum atomic E-state index is 11.9. The third-order valence-electron chi connectivity index (χ3n) is 1.45. The van der Waals surface area contributed by atoms with E-state index >= 15 is 0 Å². The van der Waals surface area contributed by atoms with Crippen LogP contribution in [0.1, 0.15) is 5.56 Å². The summed E-state index contributed by atoms with van der Waals surface area (Å²) in [5.41, 5.74) is -5.50. The summed E-state index contributed by atoms with van der Waals surface area (Å²) in [5, 5.41) is 8.44. The van der Waals surface area contributed by atoms with Crippen LogP contribution >= 0.6 is 0 Å². The Labute approximate surface area is 89.0 Å². The maximum absolute atomic E-state index is 11.9. The van der Waals surface area contributed by atoms with Crippen molar-refractivity contribution in [1.82, 2.24) is 0 Å². The van der Waals surface area contributed by atoms with Gasteiger partial charge in [-0.25, -0.2) is 0 Å². The van der Waals surface area contributed by atoms with Crippen LogP contribution in [0.25, 0.3) is 0 Å². The first kappa shape index (κ1) is 12.3. The van der Waals surface area contributed by atoms with E-state index < -0.39 is 21.4 Å². The second kappa shape index (κ2) is 4.02. The molecule has 0 amide bonds. The number of nitriles is 1. The molecule has 0 bridgehead atoms. The van der Waals surface area contributed by atoms with Crippen molar-refractivity contribution in [2.24, 2.45) is 0 Å².